The van der Waals surface area contributed by atoms with Gasteiger partial charge in [-0.05, 0) is 36.6 Å². The van der Waals surface area contributed by atoms with Gasteiger partial charge in [-0.25, -0.2) is 10.3 Å². The molecule has 1 aromatic carbocycles. The maximum absolute atomic E-state index is 12.3. The Morgan fingerprint density at radius 3 is 2.60 bits per heavy atom. The summed E-state index contributed by atoms with van der Waals surface area (Å²) in [5.41, 5.74) is 2.57. The second kappa shape index (κ2) is 8.84. The van der Waals surface area contributed by atoms with E-state index in [0.717, 1.165) is 10.5 Å². The van der Waals surface area contributed by atoms with Gasteiger partial charge < -0.3 is 10.1 Å². The molecule has 0 aromatic heterocycles. The number of hydrogen-bond donors (Lipinski definition) is 3. The van der Waals surface area contributed by atoms with Crippen LogP contribution in [-0.4, -0.2) is 41.6 Å². The number of benzene rings is 1. The Kier molecular flexibility index (Phi) is 6.53. The third kappa shape index (κ3) is 5.05. The maximum atomic E-state index is 12.3. The summed E-state index contributed by atoms with van der Waals surface area (Å²) in [6, 6.07) is 6.68. The van der Waals surface area contributed by atoms with Gasteiger partial charge in [-0.3, -0.25) is 19.7 Å². The second-order valence-electron chi connectivity index (χ2n) is 5.56. The fourth-order valence-electron chi connectivity index (χ4n) is 2.43. The van der Waals surface area contributed by atoms with Crippen molar-refractivity contribution in [3.05, 3.63) is 35.5 Å². The van der Waals surface area contributed by atoms with Crippen LogP contribution < -0.4 is 15.5 Å². The standard InChI is InChI=1S/C17H21N3O5/c1-25-13-8-6-12(7-9-13)11-14-16(22)20(17(23)18-14)10-4-2-3-5-15(21)19-24/h6-9,11,24H,2-5,10H2,1H3,(H,18,23)(H,19,21)/b14-11-. The number of carbonyl (C=O) groups excluding carboxylic acids is 3. The minimum absolute atomic E-state index is 0.208. The van der Waals surface area contributed by atoms with Crippen LogP contribution in [0.25, 0.3) is 6.08 Å². The Morgan fingerprint density at radius 1 is 1.24 bits per heavy atom. The Balaban J connectivity index is 1.88. The molecular weight excluding hydrogens is 326 g/mol. The number of nitrogens with one attached hydrogen (secondary N) is 2. The number of rotatable bonds is 8. The van der Waals surface area contributed by atoms with E-state index in [9.17, 15) is 14.4 Å². The molecule has 1 saturated heterocycles. The molecular formula is C17H21N3O5. The minimum atomic E-state index is -0.446. The Morgan fingerprint density at radius 2 is 1.96 bits per heavy atom. The normalized spacial score (nSPS) is 15.4. The number of ether oxygens (including phenoxy) is 1. The summed E-state index contributed by atoms with van der Waals surface area (Å²) < 4.78 is 5.08. The number of hydrogen-bond acceptors (Lipinski definition) is 5. The summed E-state index contributed by atoms with van der Waals surface area (Å²) in [6.07, 6.45) is 3.66. The lowest BCUT2D eigenvalue weighted by atomic mass is 10.1. The third-order valence-corrected chi connectivity index (χ3v) is 3.80. The molecule has 25 heavy (non-hydrogen) atoms. The summed E-state index contributed by atoms with van der Waals surface area (Å²) in [5, 5.41) is 11.0. The first-order chi connectivity index (χ1) is 12.0. The Hall–Kier alpha value is -2.87. The number of methoxy groups -OCH3 is 1. The number of imide groups is 1. The first-order valence-electron chi connectivity index (χ1n) is 7.96. The average Bonchev–Trinajstić information content (AvgIpc) is 2.89. The van der Waals surface area contributed by atoms with Gasteiger partial charge in [0.25, 0.3) is 5.91 Å². The lowest BCUT2D eigenvalue weighted by Gasteiger charge is -2.11. The van der Waals surface area contributed by atoms with Crippen molar-refractivity contribution in [2.75, 3.05) is 13.7 Å². The highest BCUT2D eigenvalue weighted by molar-refractivity contribution is 6.13. The predicted octanol–water partition coefficient (Wildman–Crippen LogP) is 1.65. The van der Waals surface area contributed by atoms with E-state index in [1.54, 1.807) is 42.9 Å². The third-order valence-electron chi connectivity index (χ3n) is 3.80. The zero-order chi connectivity index (χ0) is 18.2. The van der Waals surface area contributed by atoms with Gasteiger partial charge in [-0.15, -0.1) is 0 Å². The number of hydroxylamine groups is 1. The number of urea groups is 1. The topological polar surface area (TPSA) is 108 Å². The molecule has 0 bridgehead atoms. The maximum Gasteiger partial charge on any atom is 0.329 e. The molecule has 1 heterocycles. The van der Waals surface area contributed by atoms with Crippen molar-refractivity contribution in [2.24, 2.45) is 0 Å². The average molecular weight is 347 g/mol. The molecule has 8 nitrogen and oxygen atoms in total. The van der Waals surface area contributed by atoms with Crippen LogP contribution in [0.5, 0.6) is 5.75 Å². The molecule has 0 saturated carbocycles. The van der Waals surface area contributed by atoms with Crippen molar-refractivity contribution in [3.8, 4) is 5.75 Å². The van der Waals surface area contributed by atoms with Crippen LogP contribution >= 0.6 is 0 Å². The molecule has 134 valence electrons. The van der Waals surface area contributed by atoms with Gasteiger partial charge in [0.15, 0.2) is 0 Å². The highest BCUT2D eigenvalue weighted by Crippen LogP contribution is 2.17. The predicted molar refractivity (Wildman–Crippen MR) is 89.6 cm³/mol. The van der Waals surface area contributed by atoms with Crippen molar-refractivity contribution in [1.82, 2.24) is 15.7 Å². The number of unbranched alkanes of at least 4 members (excludes halogenated alkanes) is 2. The first-order valence-corrected chi connectivity index (χ1v) is 7.96. The van der Waals surface area contributed by atoms with E-state index in [1.807, 2.05) is 0 Å². The van der Waals surface area contributed by atoms with Crippen molar-refractivity contribution >= 4 is 23.9 Å². The summed E-state index contributed by atoms with van der Waals surface area (Å²) in [4.78, 5) is 36.3. The summed E-state index contributed by atoms with van der Waals surface area (Å²) >= 11 is 0. The highest BCUT2D eigenvalue weighted by Gasteiger charge is 2.32. The number of carbonyl (C=O) groups is 3. The van der Waals surface area contributed by atoms with Gasteiger partial charge in [-0.2, -0.15) is 0 Å². The van der Waals surface area contributed by atoms with Crippen molar-refractivity contribution in [1.29, 1.82) is 0 Å². The zero-order valence-corrected chi connectivity index (χ0v) is 13.9. The van der Waals surface area contributed by atoms with Crippen molar-refractivity contribution in [3.63, 3.8) is 0 Å². The highest BCUT2D eigenvalue weighted by atomic mass is 16.5. The number of nitrogens with zero attached hydrogens (tertiary/aromatic N) is 1. The summed E-state index contributed by atoms with van der Waals surface area (Å²) in [6.45, 7) is 0.283. The van der Waals surface area contributed by atoms with Gasteiger partial charge in [0.05, 0.1) is 7.11 Å². The van der Waals surface area contributed by atoms with E-state index in [-0.39, 0.29) is 24.6 Å². The molecule has 2 rings (SSSR count). The molecule has 0 aliphatic carbocycles. The van der Waals surface area contributed by atoms with E-state index < -0.39 is 11.9 Å². The Labute approximate surface area is 145 Å². The van der Waals surface area contributed by atoms with Crippen molar-refractivity contribution < 1.29 is 24.3 Å². The molecule has 1 aliphatic heterocycles. The molecule has 0 radical (unpaired) electrons. The van der Waals surface area contributed by atoms with Crippen LogP contribution in [0.15, 0.2) is 30.0 Å². The van der Waals surface area contributed by atoms with Gasteiger partial charge in [0, 0.05) is 13.0 Å². The second-order valence-corrected chi connectivity index (χ2v) is 5.56. The largest absolute Gasteiger partial charge is 0.497 e. The SMILES string of the molecule is COc1ccc(/C=C2\NC(=O)N(CCCCCC(=O)NO)C2=O)cc1. The van der Waals surface area contributed by atoms with Crippen LogP contribution in [0.2, 0.25) is 0 Å². The molecule has 1 aromatic rings. The molecule has 4 amide bonds. The summed E-state index contributed by atoms with van der Waals surface area (Å²) in [5.74, 6) is -0.103. The van der Waals surface area contributed by atoms with Crippen LogP contribution in [0.4, 0.5) is 4.79 Å². The Bertz CT molecular complexity index is 669. The molecule has 1 aliphatic rings. The van der Waals surface area contributed by atoms with E-state index >= 15 is 0 Å². The number of amides is 4. The van der Waals surface area contributed by atoms with Crippen molar-refractivity contribution in [2.45, 2.75) is 25.7 Å². The van der Waals surface area contributed by atoms with Crippen LogP contribution in [0.3, 0.4) is 0 Å². The van der Waals surface area contributed by atoms with Gasteiger partial charge >= 0.3 is 6.03 Å². The molecule has 0 atom stereocenters. The first kappa shape index (κ1) is 18.5. The van der Waals surface area contributed by atoms with E-state index in [0.29, 0.717) is 25.0 Å². The minimum Gasteiger partial charge on any atom is -0.497 e. The lowest BCUT2D eigenvalue weighted by molar-refractivity contribution is -0.129. The van der Waals surface area contributed by atoms with Crippen LogP contribution in [0, 0.1) is 0 Å². The summed E-state index contributed by atoms with van der Waals surface area (Å²) in [7, 11) is 1.57. The zero-order valence-electron chi connectivity index (χ0n) is 13.9. The lowest BCUT2D eigenvalue weighted by Crippen LogP contribution is -2.31. The molecule has 0 spiro atoms. The van der Waals surface area contributed by atoms with Gasteiger partial charge in [0.2, 0.25) is 5.91 Å². The molecule has 3 N–H and O–H groups in total. The van der Waals surface area contributed by atoms with E-state index in [2.05, 4.69) is 5.32 Å². The fraction of sp³-hybridized carbons (Fsp3) is 0.353. The molecule has 0 unspecified atom stereocenters. The van der Waals surface area contributed by atoms with Gasteiger partial charge in [-0.1, -0.05) is 18.6 Å². The molecule has 1 fully saturated rings. The fourth-order valence-corrected chi connectivity index (χ4v) is 2.43. The van der Waals surface area contributed by atoms with E-state index in [4.69, 9.17) is 9.94 Å². The quantitative estimate of drug-likeness (QED) is 0.218. The van der Waals surface area contributed by atoms with E-state index in [1.165, 1.54) is 0 Å². The van der Waals surface area contributed by atoms with Gasteiger partial charge in [0.1, 0.15) is 11.4 Å². The smallest absolute Gasteiger partial charge is 0.329 e. The molecule has 8 heteroatoms. The monoisotopic (exact) mass is 347 g/mol. The van der Waals surface area contributed by atoms with Crippen LogP contribution in [0.1, 0.15) is 31.2 Å². The van der Waals surface area contributed by atoms with Crippen LogP contribution in [-0.2, 0) is 9.59 Å².